The molecule has 1 aliphatic rings. The van der Waals surface area contributed by atoms with Crippen LogP contribution in [0.5, 0.6) is 0 Å². The van der Waals surface area contributed by atoms with Gasteiger partial charge >= 0.3 is 5.97 Å². The van der Waals surface area contributed by atoms with Crippen LogP contribution in [0.3, 0.4) is 0 Å². The number of anilines is 3. The second-order valence-electron chi connectivity index (χ2n) is 5.04. The number of rotatable bonds is 3. The van der Waals surface area contributed by atoms with Gasteiger partial charge in [-0.2, -0.15) is 0 Å². The van der Waals surface area contributed by atoms with Crippen LogP contribution in [0.15, 0.2) is 58.8 Å². The van der Waals surface area contributed by atoms with Gasteiger partial charge in [0, 0.05) is 9.79 Å². The van der Waals surface area contributed by atoms with Crippen LogP contribution in [-0.4, -0.2) is 18.5 Å². The summed E-state index contributed by atoms with van der Waals surface area (Å²) >= 11 is 1.50. The summed E-state index contributed by atoms with van der Waals surface area (Å²) in [5.41, 5.74) is 7.92. The number of para-hydroxylation sites is 1. The molecule has 0 saturated carbocycles. The van der Waals surface area contributed by atoms with Crippen LogP contribution < -0.4 is 10.6 Å². The normalized spacial score (nSPS) is 12.1. The second-order valence-corrected chi connectivity index (χ2v) is 6.13. The van der Waals surface area contributed by atoms with Gasteiger partial charge in [0.25, 0.3) is 5.91 Å². The number of amides is 1. The van der Waals surface area contributed by atoms with Crippen LogP contribution in [0.2, 0.25) is 0 Å². The first-order valence-electron chi connectivity index (χ1n) is 7.41. The first-order chi connectivity index (χ1) is 11.6. The molecule has 1 amide bonds. The van der Waals surface area contributed by atoms with E-state index in [0.29, 0.717) is 11.4 Å². The maximum Gasteiger partial charge on any atom is 0.340 e. The smallest absolute Gasteiger partial charge is 0.340 e. The fourth-order valence-corrected chi connectivity index (χ4v) is 3.66. The molecule has 0 aliphatic carbocycles. The zero-order chi connectivity index (χ0) is 17.3. The highest BCUT2D eigenvalue weighted by Gasteiger charge is 2.31. The molecule has 2 aromatic carbocycles. The van der Waals surface area contributed by atoms with Gasteiger partial charge in [-0.05, 0) is 37.3 Å². The summed E-state index contributed by atoms with van der Waals surface area (Å²) < 4.78 is 5.04. The predicted octanol–water partition coefficient (Wildman–Crippen LogP) is 3.76. The summed E-state index contributed by atoms with van der Waals surface area (Å²) in [6.45, 7) is 5.55. The molecule has 3 rings (SSSR count). The summed E-state index contributed by atoms with van der Waals surface area (Å²) in [7, 11) is 0. The largest absolute Gasteiger partial charge is 0.462 e. The minimum absolute atomic E-state index is 0.225. The molecule has 24 heavy (non-hydrogen) atoms. The van der Waals surface area contributed by atoms with Crippen molar-refractivity contribution in [3.8, 4) is 0 Å². The van der Waals surface area contributed by atoms with Gasteiger partial charge in [0.15, 0.2) is 0 Å². The summed E-state index contributed by atoms with van der Waals surface area (Å²) in [4.78, 5) is 27.8. The quantitative estimate of drug-likeness (QED) is 0.523. The molecule has 0 atom stereocenters. The Kier molecular flexibility index (Phi) is 4.31. The van der Waals surface area contributed by atoms with Crippen LogP contribution in [-0.2, 0) is 9.53 Å². The number of benzene rings is 2. The van der Waals surface area contributed by atoms with E-state index in [2.05, 4.69) is 6.58 Å². The molecule has 6 heteroatoms. The minimum atomic E-state index is -0.507. The highest BCUT2D eigenvalue weighted by atomic mass is 32.2. The van der Waals surface area contributed by atoms with Gasteiger partial charge in [0.05, 0.1) is 29.2 Å². The summed E-state index contributed by atoms with van der Waals surface area (Å²) in [5, 5.41) is 0. The lowest BCUT2D eigenvalue weighted by Gasteiger charge is -2.31. The molecule has 0 spiro atoms. The van der Waals surface area contributed by atoms with Gasteiger partial charge in [0.2, 0.25) is 0 Å². The average molecular weight is 340 g/mol. The van der Waals surface area contributed by atoms with Crippen molar-refractivity contribution in [2.45, 2.75) is 16.7 Å². The Morgan fingerprint density at radius 3 is 2.71 bits per heavy atom. The number of ether oxygens (including phenoxy) is 1. The first-order valence-corrected chi connectivity index (χ1v) is 8.23. The van der Waals surface area contributed by atoms with E-state index in [-0.39, 0.29) is 23.8 Å². The fraction of sp³-hybridized carbons (Fsp3) is 0.111. The number of esters is 1. The van der Waals surface area contributed by atoms with E-state index in [1.54, 1.807) is 19.1 Å². The maximum atomic E-state index is 12.5. The Balaban J connectivity index is 2.21. The third kappa shape index (κ3) is 2.55. The highest BCUT2D eigenvalue weighted by molar-refractivity contribution is 7.99. The lowest BCUT2D eigenvalue weighted by molar-refractivity contribution is -0.113. The summed E-state index contributed by atoms with van der Waals surface area (Å²) in [6.07, 6.45) is 1.23. The van der Waals surface area contributed by atoms with E-state index < -0.39 is 5.97 Å². The van der Waals surface area contributed by atoms with Crippen molar-refractivity contribution >= 4 is 40.7 Å². The molecule has 1 aliphatic heterocycles. The zero-order valence-electron chi connectivity index (χ0n) is 13.1. The van der Waals surface area contributed by atoms with E-state index >= 15 is 0 Å². The number of nitrogen functional groups attached to an aromatic ring is 1. The van der Waals surface area contributed by atoms with Crippen molar-refractivity contribution in [2.24, 2.45) is 0 Å². The van der Waals surface area contributed by atoms with E-state index in [0.717, 1.165) is 9.79 Å². The third-order valence-electron chi connectivity index (χ3n) is 3.62. The van der Waals surface area contributed by atoms with E-state index in [1.165, 1.54) is 22.7 Å². The highest BCUT2D eigenvalue weighted by Crippen LogP contribution is 2.51. The molecule has 0 bridgehead atoms. The van der Waals surface area contributed by atoms with Crippen molar-refractivity contribution in [1.29, 1.82) is 0 Å². The van der Waals surface area contributed by atoms with Crippen LogP contribution in [0.25, 0.3) is 0 Å². The monoisotopic (exact) mass is 340 g/mol. The van der Waals surface area contributed by atoms with E-state index in [1.807, 2.05) is 24.3 Å². The number of carbonyl (C=O) groups excluding carboxylic acids is 2. The van der Waals surface area contributed by atoms with Crippen LogP contribution in [0.1, 0.15) is 17.3 Å². The summed E-state index contributed by atoms with van der Waals surface area (Å²) in [6, 6.07) is 10.9. The van der Waals surface area contributed by atoms with Gasteiger partial charge in [-0.3, -0.25) is 9.69 Å². The SMILES string of the molecule is C=CC(=O)N1c2ccccc2Sc2ccc(C(=O)OCC)c(N)c21. The van der Waals surface area contributed by atoms with Crippen LogP contribution in [0, 0.1) is 0 Å². The molecule has 122 valence electrons. The number of hydrogen-bond donors (Lipinski definition) is 1. The van der Waals surface area contributed by atoms with Crippen LogP contribution >= 0.6 is 11.8 Å². The van der Waals surface area contributed by atoms with Gasteiger partial charge in [-0.15, -0.1) is 0 Å². The van der Waals surface area contributed by atoms with Gasteiger partial charge in [-0.1, -0.05) is 30.5 Å². The first kappa shape index (κ1) is 16.1. The lowest BCUT2D eigenvalue weighted by atomic mass is 10.1. The maximum absolute atomic E-state index is 12.5. The molecule has 0 aromatic heterocycles. The molecule has 0 unspecified atom stereocenters. The second kappa shape index (κ2) is 6.41. The standard InChI is InChI=1S/C18H16N2O3S/c1-3-15(21)20-12-7-5-6-8-13(12)24-14-10-9-11(16(19)17(14)20)18(22)23-4-2/h3,5-10H,1,4,19H2,2H3. The molecule has 2 aromatic rings. The molecule has 0 saturated heterocycles. The third-order valence-corrected chi connectivity index (χ3v) is 4.73. The Morgan fingerprint density at radius 2 is 2.00 bits per heavy atom. The molecule has 0 radical (unpaired) electrons. The number of nitrogens with two attached hydrogens (primary N) is 1. The molecule has 0 fully saturated rings. The molecular weight excluding hydrogens is 324 g/mol. The molecule has 1 heterocycles. The van der Waals surface area contributed by atoms with Gasteiger partial charge in [-0.25, -0.2) is 4.79 Å². The van der Waals surface area contributed by atoms with Gasteiger partial charge < -0.3 is 10.5 Å². The lowest BCUT2D eigenvalue weighted by Crippen LogP contribution is -2.28. The van der Waals surface area contributed by atoms with Crippen LogP contribution in [0.4, 0.5) is 17.1 Å². The zero-order valence-corrected chi connectivity index (χ0v) is 13.9. The van der Waals surface area contributed by atoms with Crippen molar-refractivity contribution < 1.29 is 14.3 Å². The number of hydrogen-bond acceptors (Lipinski definition) is 5. The number of carbonyl (C=O) groups is 2. The Morgan fingerprint density at radius 1 is 1.25 bits per heavy atom. The summed E-state index contributed by atoms with van der Waals surface area (Å²) in [5.74, 6) is -0.815. The Labute approximate surface area is 144 Å². The molecule has 2 N–H and O–H groups in total. The molecule has 5 nitrogen and oxygen atoms in total. The Bertz CT molecular complexity index is 848. The minimum Gasteiger partial charge on any atom is -0.462 e. The van der Waals surface area contributed by atoms with Gasteiger partial charge in [0.1, 0.15) is 0 Å². The van der Waals surface area contributed by atoms with Crippen molar-refractivity contribution in [1.82, 2.24) is 0 Å². The number of nitrogens with zero attached hydrogens (tertiary/aromatic N) is 1. The fourth-order valence-electron chi connectivity index (χ4n) is 2.58. The molecular formula is C18H16N2O3S. The Hall–Kier alpha value is -2.73. The topological polar surface area (TPSA) is 72.6 Å². The predicted molar refractivity (Wildman–Crippen MR) is 94.7 cm³/mol. The van der Waals surface area contributed by atoms with Crippen molar-refractivity contribution in [2.75, 3.05) is 17.2 Å². The van der Waals surface area contributed by atoms with E-state index in [9.17, 15) is 9.59 Å². The number of fused-ring (bicyclic) bond motifs is 2. The van der Waals surface area contributed by atoms with Crippen molar-refractivity contribution in [3.63, 3.8) is 0 Å². The average Bonchev–Trinajstić information content (AvgIpc) is 2.59. The van der Waals surface area contributed by atoms with Crippen molar-refractivity contribution in [3.05, 3.63) is 54.6 Å². The van der Waals surface area contributed by atoms with E-state index in [4.69, 9.17) is 10.5 Å².